The van der Waals surface area contributed by atoms with Gasteiger partial charge in [0.1, 0.15) is 10.9 Å². The Labute approximate surface area is 158 Å². The van der Waals surface area contributed by atoms with Crippen molar-refractivity contribution in [3.8, 4) is 0 Å². The maximum atomic E-state index is 13.0. The fraction of sp³-hybridized carbons (Fsp3) is 0.263. The van der Waals surface area contributed by atoms with E-state index in [1.54, 1.807) is 36.4 Å². The number of carbonyl (C=O) groups is 2. The van der Waals surface area contributed by atoms with Gasteiger partial charge in [0.2, 0.25) is 0 Å². The quantitative estimate of drug-likeness (QED) is 0.518. The molecule has 0 bridgehead atoms. The summed E-state index contributed by atoms with van der Waals surface area (Å²) in [5.41, 5.74) is -1.02. The van der Waals surface area contributed by atoms with E-state index in [9.17, 15) is 19.2 Å². The average molecular weight is 386 g/mol. The lowest BCUT2D eigenvalue weighted by Gasteiger charge is -2.17. The molecule has 0 amide bonds. The topological polar surface area (TPSA) is 98.2 Å². The molecule has 1 N–H and O–H groups in total. The zero-order valence-corrected chi connectivity index (χ0v) is 15.7. The van der Waals surface area contributed by atoms with Crippen LogP contribution in [-0.4, -0.2) is 28.4 Å². The number of hydrogen-bond acceptors (Lipinski definition) is 6. The van der Waals surface area contributed by atoms with E-state index < -0.39 is 35.5 Å². The van der Waals surface area contributed by atoms with Gasteiger partial charge < -0.3 is 4.74 Å². The number of aromatic amines is 1. The van der Waals surface area contributed by atoms with Crippen molar-refractivity contribution in [2.45, 2.75) is 25.8 Å². The molecule has 2 heterocycles. The van der Waals surface area contributed by atoms with E-state index in [0.717, 1.165) is 15.9 Å². The van der Waals surface area contributed by atoms with Gasteiger partial charge in [0, 0.05) is 10.4 Å². The van der Waals surface area contributed by atoms with Gasteiger partial charge in [-0.15, -0.1) is 11.3 Å². The van der Waals surface area contributed by atoms with Gasteiger partial charge >= 0.3 is 11.7 Å². The zero-order chi connectivity index (χ0) is 19.6. The van der Waals surface area contributed by atoms with Crippen LogP contribution >= 0.6 is 11.3 Å². The Morgan fingerprint density at radius 2 is 1.93 bits per heavy atom. The highest BCUT2D eigenvalue weighted by Crippen LogP contribution is 2.22. The predicted octanol–water partition coefficient (Wildman–Crippen LogP) is 2.30. The molecule has 8 heteroatoms. The molecular formula is C19H18N2O5S. The normalized spacial score (nSPS) is 12.1. The van der Waals surface area contributed by atoms with Gasteiger partial charge in [0.15, 0.2) is 5.78 Å². The van der Waals surface area contributed by atoms with Crippen molar-refractivity contribution in [2.24, 2.45) is 0 Å². The molecule has 27 heavy (non-hydrogen) atoms. The molecule has 140 valence electrons. The predicted molar refractivity (Wildman–Crippen MR) is 103 cm³/mol. The monoisotopic (exact) mass is 386 g/mol. The number of fused-ring (bicyclic) bond motifs is 1. The number of hydrogen-bond donors (Lipinski definition) is 1. The van der Waals surface area contributed by atoms with Crippen molar-refractivity contribution in [3.05, 3.63) is 67.7 Å². The van der Waals surface area contributed by atoms with E-state index in [1.165, 1.54) is 18.4 Å². The van der Waals surface area contributed by atoms with Crippen molar-refractivity contribution < 1.29 is 14.3 Å². The molecule has 0 aliphatic carbocycles. The minimum absolute atomic E-state index is 0.303. The summed E-state index contributed by atoms with van der Waals surface area (Å²) in [7, 11) is 1.19. The number of nitrogens with one attached hydrogen (secondary N) is 1. The van der Waals surface area contributed by atoms with Crippen LogP contribution in [-0.2, 0) is 16.0 Å². The minimum atomic E-state index is -1.29. The van der Waals surface area contributed by atoms with E-state index in [0.29, 0.717) is 15.8 Å². The molecule has 7 nitrogen and oxygen atoms in total. The van der Waals surface area contributed by atoms with Gasteiger partial charge in [-0.2, -0.15) is 0 Å². The van der Waals surface area contributed by atoms with Crippen LogP contribution < -0.4 is 11.2 Å². The van der Waals surface area contributed by atoms with E-state index in [-0.39, 0.29) is 0 Å². The van der Waals surface area contributed by atoms with Crippen molar-refractivity contribution in [3.63, 3.8) is 0 Å². The second-order valence-electron chi connectivity index (χ2n) is 5.94. The summed E-state index contributed by atoms with van der Waals surface area (Å²) in [5.74, 6) is -1.19. The Balaban J connectivity index is 2.20. The highest BCUT2D eigenvalue weighted by molar-refractivity contribution is 7.18. The molecule has 0 fully saturated rings. The highest BCUT2D eigenvalue weighted by atomic mass is 32.1. The highest BCUT2D eigenvalue weighted by Gasteiger charge is 2.29. The molecule has 3 rings (SSSR count). The molecule has 0 aliphatic rings. The van der Waals surface area contributed by atoms with Gasteiger partial charge in [-0.3, -0.25) is 19.4 Å². The lowest BCUT2D eigenvalue weighted by atomic mass is 10.0. The molecule has 2 aromatic heterocycles. The largest absolute Gasteiger partial charge is 0.469 e. The number of methoxy groups -OCH3 is 1. The Kier molecular flexibility index (Phi) is 5.36. The summed E-state index contributed by atoms with van der Waals surface area (Å²) in [5, 5.41) is 0.326. The number of ether oxygens (including phenoxy) is 1. The Morgan fingerprint density at radius 3 is 2.56 bits per heavy atom. The van der Waals surface area contributed by atoms with Gasteiger partial charge in [0.05, 0.1) is 18.9 Å². The fourth-order valence-corrected chi connectivity index (χ4v) is 3.85. The van der Waals surface area contributed by atoms with Crippen LogP contribution in [0.2, 0.25) is 0 Å². The number of carbonyl (C=O) groups excluding carboxylic acids is 2. The number of aryl methyl sites for hydroxylation is 1. The lowest BCUT2D eigenvalue weighted by molar-refractivity contribution is -0.141. The van der Waals surface area contributed by atoms with Crippen LogP contribution in [0.15, 0.2) is 46.0 Å². The van der Waals surface area contributed by atoms with Crippen molar-refractivity contribution >= 4 is 33.3 Å². The van der Waals surface area contributed by atoms with Gasteiger partial charge in [-0.1, -0.05) is 37.3 Å². The third-order valence-electron chi connectivity index (χ3n) is 4.28. The van der Waals surface area contributed by atoms with Gasteiger partial charge in [0.25, 0.3) is 5.56 Å². The Hall–Kier alpha value is -3.00. The zero-order valence-electron chi connectivity index (χ0n) is 14.9. The Morgan fingerprint density at radius 1 is 1.22 bits per heavy atom. The van der Waals surface area contributed by atoms with Crippen LogP contribution in [0.4, 0.5) is 0 Å². The molecule has 0 saturated heterocycles. The second kappa shape index (κ2) is 7.71. The maximum Gasteiger partial charge on any atom is 0.330 e. The van der Waals surface area contributed by atoms with Crippen molar-refractivity contribution in [1.29, 1.82) is 0 Å². The van der Waals surface area contributed by atoms with E-state index in [1.807, 2.05) is 6.92 Å². The summed E-state index contributed by atoms with van der Waals surface area (Å²) >= 11 is 1.32. The average Bonchev–Trinajstić information content (AvgIpc) is 3.10. The van der Waals surface area contributed by atoms with Gasteiger partial charge in [-0.05, 0) is 12.5 Å². The number of ketones is 1. The molecule has 1 atom stereocenters. The standard InChI is InChI=1S/C19H18N2O5S/c1-3-12-9-13-17(27-12)20-19(25)21(18(13)24)14(10-15(22)26-2)16(23)11-7-5-4-6-8-11/h4-9,14H,3,10H2,1-2H3,(H,20,25). The summed E-state index contributed by atoms with van der Waals surface area (Å²) in [6.07, 6.45) is 0.304. The minimum Gasteiger partial charge on any atom is -0.469 e. The van der Waals surface area contributed by atoms with Crippen molar-refractivity contribution in [1.82, 2.24) is 9.55 Å². The molecule has 0 spiro atoms. The van der Waals surface area contributed by atoms with Crippen molar-refractivity contribution in [2.75, 3.05) is 7.11 Å². The van der Waals surface area contributed by atoms with E-state index in [4.69, 9.17) is 0 Å². The van der Waals surface area contributed by atoms with Crippen LogP contribution in [0, 0.1) is 0 Å². The molecule has 3 aromatic rings. The third kappa shape index (κ3) is 3.61. The molecule has 1 aromatic carbocycles. The first kappa shape index (κ1) is 18.8. The smallest absolute Gasteiger partial charge is 0.330 e. The SMILES string of the molecule is CCc1cc2c(=O)n(C(CC(=O)OC)C(=O)c3ccccc3)c(=O)[nH]c2s1. The first-order valence-corrected chi connectivity index (χ1v) is 9.21. The van der Waals surface area contributed by atoms with Crippen LogP contribution in [0.5, 0.6) is 0 Å². The first-order chi connectivity index (χ1) is 13.0. The van der Waals surface area contributed by atoms with Gasteiger partial charge in [-0.25, -0.2) is 9.36 Å². The number of aromatic nitrogens is 2. The van der Waals surface area contributed by atoms with E-state index >= 15 is 0 Å². The summed E-state index contributed by atoms with van der Waals surface area (Å²) in [6, 6.07) is 8.65. The molecule has 0 saturated carbocycles. The van der Waals surface area contributed by atoms with E-state index in [2.05, 4.69) is 9.72 Å². The third-order valence-corrected chi connectivity index (χ3v) is 5.48. The lowest BCUT2D eigenvalue weighted by Crippen LogP contribution is -2.41. The molecular weight excluding hydrogens is 368 g/mol. The number of nitrogens with zero attached hydrogens (tertiary/aromatic N) is 1. The number of benzene rings is 1. The number of rotatable bonds is 6. The number of Topliss-reactive ketones (excluding diaryl/α,β-unsaturated/α-hetero) is 1. The number of thiophene rings is 1. The second-order valence-corrected chi connectivity index (χ2v) is 7.08. The number of H-pyrrole nitrogens is 1. The summed E-state index contributed by atoms with van der Waals surface area (Å²) in [4.78, 5) is 54.5. The van der Waals surface area contributed by atoms with Crippen LogP contribution in [0.25, 0.3) is 10.2 Å². The summed E-state index contributed by atoms with van der Waals surface area (Å²) < 4.78 is 5.48. The number of esters is 1. The fourth-order valence-electron chi connectivity index (χ4n) is 2.87. The van der Waals surface area contributed by atoms with Crippen LogP contribution in [0.3, 0.4) is 0 Å². The maximum absolute atomic E-state index is 13.0. The Bertz CT molecular complexity index is 1110. The molecule has 0 aliphatic heterocycles. The molecule has 0 radical (unpaired) electrons. The molecule has 1 unspecified atom stereocenters. The summed E-state index contributed by atoms with van der Waals surface area (Å²) in [6.45, 7) is 1.94. The first-order valence-electron chi connectivity index (χ1n) is 8.39. The van der Waals surface area contributed by atoms with Crippen LogP contribution in [0.1, 0.15) is 34.6 Å².